The highest BCUT2D eigenvalue weighted by Gasteiger charge is 2.16. The Balaban J connectivity index is 2.56. The van der Waals surface area contributed by atoms with Gasteiger partial charge in [-0.3, -0.25) is 9.78 Å². The van der Waals surface area contributed by atoms with Gasteiger partial charge in [0.1, 0.15) is 4.88 Å². The van der Waals surface area contributed by atoms with Gasteiger partial charge >= 0.3 is 0 Å². The minimum absolute atomic E-state index is 0.0395. The lowest BCUT2D eigenvalue weighted by atomic mass is 10.1. The van der Waals surface area contributed by atoms with Crippen LogP contribution in [0.4, 0.5) is 0 Å². The van der Waals surface area contributed by atoms with Crippen LogP contribution in [0.5, 0.6) is 0 Å². The molecule has 0 saturated carbocycles. The fraction of sp³-hybridized carbons (Fsp3) is 0.556. The molecule has 0 spiro atoms. The predicted octanol–water partition coefficient (Wildman–Crippen LogP) is 0.890. The van der Waals surface area contributed by atoms with E-state index in [9.17, 15) is 4.79 Å². The molecule has 1 atom stereocenters. The normalized spacial score (nSPS) is 12.9. The predicted molar refractivity (Wildman–Crippen MR) is 55.3 cm³/mol. The average Bonchev–Trinajstić information content (AvgIpc) is 2.65. The van der Waals surface area contributed by atoms with Crippen LogP contribution >= 0.6 is 11.3 Å². The van der Waals surface area contributed by atoms with E-state index in [4.69, 9.17) is 5.11 Å². The lowest BCUT2D eigenvalue weighted by molar-refractivity contribution is 0.0901. The summed E-state index contributed by atoms with van der Waals surface area (Å²) in [6, 6.07) is -0.190. The standard InChI is InChI=1S/C9H14N2O2S/c1-6(2)7(4-12)11-9(13)8-3-10-5-14-8/h3,5-7,12H,4H2,1-2H3,(H,11,13). The van der Waals surface area contributed by atoms with E-state index in [0.717, 1.165) is 0 Å². The molecule has 0 aliphatic heterocycles. The largest absolute Gasteiger partial charge is 0.394 e. The molecule has 0 aromatic carbocycles. The summed E-state index contributed by atoms with van der Waals surface area (Å²) in [5.74, 6) is 0.0529. The third-order valence-corrected chi connectivity index (χ3v) is 2.75. The number of rotatable bonds is 4. The third-order valence-electron chi connectivity index (χ3n) is 1.97. The van der Waals surface area contributed by atoms with Crippen LogP contribution in [-0.2, 0) is 0 Å². The fourth-order valence-corrected chi connectivity index (χ4v) is 1.51. The van der Waals surface area contributed by atoms with E-state index < -0.39 is 0 Å². The van der Waals surface area contributed by atoms with E-state index >= 15 is 0 Å². The summed E-state index contributed by atoms with van der Waals surface area (Å²) in [5, 5.41) is 11.8. The van der Waals surface area contributed by atoms with Crippen LogP contribution in [0.15, 0.2) is 11.7 Å². The monoisotopic (exact) mass is 214 g/mol. The van der Waals surface area contributed by atoms with Crippen LogP contribution in [0.25, 0.3) is 0 Å². The molecule has 0 bridgehead atoms. The molecular formula is C9H14N2O2S. The van der Waals surface area contributed by atoms with Crippen LogP contribution in [0.1, 0.15) is 23.5 Å². The summed E-state index contributed by atoms with van der Waals surface area (Å²) in [6.45, 7) is 3.86. The zero-order valence-electron chi connectivity index (χ0n) is 8.23. The molecule has 1 aromatic heterocycles. The summed E-state index contributed by atoms with van der Waals surface area (Å²) >= 11 is 1.29. The van der Waals surface area contributed by atoms with Gasteiger partial charge in [0.05, 0.1) is 24.4 Å². The Morgan fingerprint density at radius 3 is 2.86 bits per heavy atom. The van der Waals surface area contributed by atoms with Crippen molar-refractivity contribution in [2.75, 3.05) is 6.61 Å². The molecule has 1 aromatic rings. The lowest BCUT2D eigenvalue weighted by Gasteiger charge is -2.19. The van der Waals surface area contributed by atoms with E-state index in [0.29, 0.717) is 4.88 Å². The van der Waals surface area contributed by atoms with Crippen LogP contribution in [-0.4, -0.2) is 28.6 Å². The Labute approximate surface area is 87.0 Å². The summed E-state index contributed by atoms with van der Waals surface area (Å²) in [4.78, 5) is 15.9. The van der Waals surface area contributed by atoms with Crippen molar-refractivity contribution < 1.29 is 9.90 Å². The number of aliphatic hydroxyl groups excluding tert-OH is 1. The van der Waals surface area contributed by atoms with Crippen molar-refractivity contribution in [1.29, 1.82) is 0 Å². The number of nitrogens with one attached hydrogen (secondary N) is 1. The van der Waals surface area contributed by atoms with Gasteiger partial charge in [-0.15, -0.1) is 11.3 Å². The first-order valence-corrected chi connectivity index (χ1v) is 5.33. The Bertz CT molecular complexity index is 285. The van der Waals surface area contributed by atoms with Gasteiger partial charge < -0.3 is 10.4 Å². The van der Waals surface area contributed by atoms with E-state index in [-0.39, 0.29) is 24.5 Å². The van der Waals surface area contributed by atoms with Crippen LogP contribution in [0.3, 0.4) is 0 Å². The SMILES string of the molecule is CC(C)C(CO)NC(=O)c1cncs1. The summed E-state index contributed by atoms with van der Waals surface area (Å²) in [6.07, 6.45) is 1.52. The Morgan fingerprint density at radius 2 is 2.43 bits per heavy atom. The molecular weight excluding hydrogens is 200 g/mol. The molecule has 5 heteroatoms. The Morgan fingerprint density at radius 1 is 1.71 bits per heavy atom. The number of aliphatic hydroxyl groups is 1. The molecule has 78 valence electrons. The van der Waals surface area contributed by atoms with Gasteiger partial charge in [0.25, 0.3) is 5.91 Å². The molecule has 0 fully saturated rings. The zero-order chi connectivity index (χ0) is 10.6. The van der Waals surface area contributed by atoms with Gasteiger partial charge in [-0.1, -0.05) is 13.8 Å². The first-order valence-electron chi connectivity index (χ1n) is 4.45. The minimum atomic E-state index is -0.190. The molecule has 14 heavy (non-hydrogen) atoms. The molecule has 0 aliphatic rings. The maximum atomic E-state index is 11.5. The Hall–Kier alpha value is -0.940. The van der Waals surface area contributed by atoms with E-state index in [1.165, 1.54) is 17.5 Å². The molecule has 1 unspecified atom stereocenters. The molecule has 0 aliphatic carbocycles. The highest BCUT2D eigenvalue weighted by atomic mass is 32.1. The van der Waals surface area contributed by atoms with Crippen molar-refractivity contribution in [2.24, 2.45) is 5.92 Å². The van der Waals surface area contributed by atoms with Crippen LogP contribution in [0, 0.1) is 5.92 Å². The van der Waals surface area contributed by atoms with Gasteiger partial charge in [0.15, 0.2) is 0 Å². The first kappa shape index (κ1) is 11.1. The number of aromatic nitrogens is 1. The van der Waals surface area contributed by atoms with Gasteiger partial charge in [-0.25, -0.2) is 0 Å². The minimum Gasteiger partial charge on any atom is -0.394 e. The average molecular weight is 214 g/mol. The second-order valence-electron chi connectivity index (χ2n) is 3.37. The first-order chi connectivity index (χ1) is 6.65. The molecule has 1 amide bonds. The second-order valence-corrected chi connectivity index (χ2v) is 4.26. The van der Waals surface area contributed by atoms with Gasteiger partial charge in [-0.2, -0.15) is 0 Å². The van der Waals surface area contributed by atoms with Crippen molar-refractivity contribution in [1.82, 2.24) is 10.3 Å². The highest BCUT2D eigenvalue weighted by molar-refractivity contribution is 7.11. The fourth-order valence-electron chi connectivity index (χ4n) is 0.991. The van der Waals surface area contributed by atoms with Crippen molar-refractivity contribution in [3.63, 3.8) is 0 Å². The number of carbonyl (C=O) groups excluding carboxylic acids is 1. The van der Waals surface area contributed by atoms with Crippen molar-refractivity contribution >= 4 is 17.2 Å². The maximum Gasteiger partial charge on any atom is 0.263 e. The van der Waals surface area contributed by atoms with Gasteiger partial charge in [0, 0.05) is 0 Å². The summed E-state index contributed by atoms with van der Waals surface area (Å²) in [5.41, 5.74) is 1.61. The molecule has 2 N–H and O–H groups in total. The molecule has 0 radical (unpaired) electrons. The van der Waals surface area contributed by atoms with Gasteiger partial charge in [-0.05, 0) is 5.92 Å². The zero-order valence-corrected chi connectivity index (χ0v) is 9.04. The molecule has 4 nitrogen and oxygen atoms in total. The van der Waals surface area contributed by atoms with Crippen molar-refractivity contribution in [3.8, 4) is 0 Å². The van der Waals surface area contributed by atoms with E-state index in [1.807, 2.05) is 13.8 Å². The van der Waals surface area contributed by atoms with Crippen molar-refractivity contribution in [3.05, 3.63) is 16.6 Å². The van der Waals surface area contributed by atoms with Gasteiger partial charge in [0.2, 0.25) is 0 Å². The number of hydrogen-bond donors (Lipinski definition) is 2. The quantitative estimate of drug-likeness (QED) is 0.782. The van der Waals surface area contributed by atoms with Crippen LogP contribution < -0.4 is 5.32 Å². The third kappa shape index (κ3) is 2.78. The second kappa shape index (κ2) is 5.07. The van der Waals surface area contributed by atoms with E-state index in [2.05, 4.69) is 10.3 Å². The topological polar surface area (TPSA) is 62.2 Å². The summed E-state index contributed by atoms with van der Waals surface area (Å²) in [7, 11) is 0. The maximum absolute atomic E-state index is 11.5. The van der Waals surface area contributed by atoms with E-state index in [1.54, 1.807) is 5.51 Å². The number of hydrogen-bond acceptors (Lipinski definition) is 4. The number of thiazole rings is 1. The number of amides is 1. The molecule has 1 rings (SSSR count). The molecule has 0 saturated heterocycles. The number of nitrogens with zero attached hydrogens (tertiary/aromatic N) is 1. The lowest BCUT2D eigenvalue weighted by Crippen LogP contribution is -2.40. The smallest absolute Gasteiger partial charge is 0.263 e. The van der Waals surface area contributed by atoms with Crippen LogP contribution in [0.2, 0.25) is 0 Å². The molecule has 1 heterocycles. The highest BCUT2D eigenvalue weighted by Crippen LogP contribution is 2.07. The number of carbonyl (C=O) groups is 1. The van der Waals surface area contributed by atoms with Crippen molar-refractivity contribution in [2.45, 2.75) is 19.9 Å². The Kier molecular flexibility index (Phi) is 4.03. The summed E-state index contributed by atoms with van der Waals surface area (Å²) < 4.78 is 0.